The van der Waals surface area contributed by atoms with Crippen molar-refractivity contribution in [3.63, 3.8) is 0 Å². The van der Waals surface area contributed by atoms with E-state index in [-0.39, 0.29) is 37.7 Å². The average Bonchev–Trinajstić information content (AvgIpc) is 3.00. The van der Waals surface area contributed by atoms with E-state index in [1.165, 1.54) is 0 Å². The topological polar surface area (TPSA) is 131 Å². The van der Waals surface area contributed by atoms with Crippen LogP contribution in [0.5, 0.6) is 5.75 Å². The molecular formula is C33H34N2O6. The number of hydrogen-bond acceptors (Lipinski definition) is 6. The van der Waals surface area contributed by atoms with E-state index in [0.29, 0.717) is 30.6 Å². The van der Waals surface area contributed by atoms with Crippen molar-refractivity contribution in [3.05, 3.63) is 113 Å². The summed E-state index contributed by atoms with van der Waals surface area (Å²) in [5.41, 5.74) is 11.4. The predicted molar refractivity (Wildman–Crippen MR) is 155 cm³/mol. The van der Waals surface area contributed by atoms with Crippen LogP contribution in [0.15, 0.2) is 90.5 Å². The molecule has 1 aliphatic heterocycles. The van der Waals surface area contributed by atoms with Crippen LogP contribution in [0, 0.1) is 0 Å². The summed E-state index contributed by atoms with van der Waals surface area (Å²) >= 11 is 0. The van der Waals surface area contributed by atoms with Gasteiger partial charge in [-0.1, -0.05) is 54.6 Å². The molecule has 3 aromatic rings. The Labute approximate surface area is 239 Å². The van der Waals surface area contributed by atoms with Gasteiger partial charge in [0.15, 0.2) is 0 Å². The maximum absolute atomic E-state index is 13.6. The number of allylic oxidation sites excluding steroid dienone is 2. The van der Waals surface area contributed by atoms with Crippen molar-refractivity contribution >= 4 is 11.9 Å². The summed E-state index contributed by atoms with van der Waals surface area (Å²) in [4.78, 5) is 25.0. The van der Waals surface area contributed by atoms with Gasteiger partial charge in [-0.2, -0.15) is 0 Å². The highest BCUT2D eigenvalue weighted by Crippen LogP contribution is 2.32. The molecule has 8 nitrogen and oxygen atoms in total. The predicted octanol–water partition coefficient (Wildman–Crippen LogP) is 4.85. The number of hydrogen-bond donors (Lipinski definition) is 4. The minimum atomic E-state index is -0.906. The smallest absolute Gasteiger partial charge is 0.307 e. The number of carbonyl (C=O) groups is 2. The Hall–Kier alpha value is -4.24. The maximum Gasteiger partial charge on any atom is 0.307 e. The van der Waals surface area contributed by atoms with Crippen LogP contribution in [-0.4, -0.2) is 41.4 Å². The lowest BCUT2D eigenvalue weighted by Crippen LogP contribution is -2.32. The van der Waals surface area contributed by atoms with Gasteiger partial charge in [0.25, 0.3) is 5.91 Å². The Morgan fingerprint density at radius 1 is 1.07 bits per heavy atom. The molecule has 1 aliphatic carbocycles. The molecule has 3 atom stereocenters. The SMILES string of the molecule is NC(CO)c1cccc(-c2cc(COC3CC=CC=C3CC(=O)O)cc(C(=O)NC3CCOc4ccccc43)c2)c1. The van der Waals surface area contributed by atoms with E-state index in [0.717, 1.165) is 33.6 Å². The van der Waals surface area contributed by atoms with Crippen molar-refractivity contribution in [2.45, 2.75) is 44.1 Å². The number of carbonyl (C=O) groups excluding carboxylic acids is 1. The van der Waals surface area contributed by atoms with Gasteiger partial charge in [0, 0.05) is 17.5 Å². The summed E-state index contributed by atoms with van der Waals surface area (Å²) in [7, 11) is 0. The number of nitrogens with two attached hydrogens (primary N) is 1. The Balaban J connectivity index is 1.44. The highest BCUT2D eigenvalue weighted by molar-refractivity contribution is 5.96. The Morgan fingerprint density at radius 2 is 1.93 bits per heavy atom. The number of carboxylic acid groups (broad SMARTS) is 1. The summed E-state index contributed by atoms with van der Waals surface area (Å²) in [6.07, 6.45) is 6.38. The number of benzene rings is 3. The number of amides is 1. The molecule has 3 aromatic carbocycles. The van der Waals surface area contributed by atoms with Gasteiger partial charge in [-0.3, -0.25) is 9.59 Å². The lowest BCUT2D eigenvalue weighted by Gasteiger charge is -2.27. The van der Waals surface area contributed by atoms with Crippen LogP contribution in [0.1, 0.15) is 58.4 Å². The number of aliphatic hydroxyl groups is 1. The molecule has 2 aliphatic rings. The summed E-state index contributed by atoms with van der Waals surface area (Å²) in [5.74, 6) is -0.350. The van der Waals surface area contributed by atoms with Gasteiger partial charge in [-0.25, -0.2) is 0 Å². The third kappa shape index (κ3) is 6.92. The first-order chi connectivity index (χ1) is 19.9. The van der Waals surface area contributed by atoms with Crippen LogP contribution >= 0.6 is 0 Å². The summed E-state index contributed by atoms with van der Waals surface area (Å²) in [5, 5.41) is 22.0. The van der Waals surface area contributed by atoms with Crippen LogP contribution in [-0.2, 0) is 16.1 Å². The number of aliphatic carboxylic acids is 1. The molecule has 5 rings (SSSR count). The zero-order chi connectivity index (χ0) is 28.8. The van der Waals surface area contributed by atoms with Crippen molar-refractivity contribution in [2.75, 3.05) is 13.2 Å². The lowest BCUT2D eigenvalue weighted by atomic mass is 9.95. The first-order valence-electron chi connectivity index (χ1n) is 13.7. The molecule has 5 N–H and O–H groups in total. The first-order valence-corrected chi connectivity index (χ1v) is 13.7. The fourth-order valence-corrected chi connectivity index (χ4v) is 5.23. The second-order valence-electron chi connectivity index (χ2n) is 10.3. The third-order valence-electron chi connectivity index (χ3n) is 7.38. The van der Waals surface area contributed by atoms with Crippen molar-refractivity contribution < 1.29 is 29.3 Å². The second-order valence-corrected chi connectivity index (χ2v) is 10.3. The second kappa shape index (κ2) is 13.0. The van der Waals surface area contributed by atoms with Gasteiger partial charge in [-0.05, 0) is 64.6 Å². The normalized spacial score (nSPS) is 18.5. The summed E-state index contributed by atoms with van der Waals surface area (Å²) in [6, 6.07) is 20.2. The van der Waals surface area contributed by atoms with Gasteiger partial charge in [0.05, 0.1) is 44.4 Å². The molecule has 41 heavy (non-hydrogen) atoms. The largest absolute Gasteiger partial charge is 0.493 e. The number of fused-ring (bicyclic) bond motifs is 1. The summed E-state index contributed by atoms with van der Waals surface area (Å²) < 4.78 is 12.0. The average molecular weight is 555 g/mol. The van der Waals surface area contributed by atoms with Crippen LogP contribution in [0.2, 0.25) is 0 Å². The highest BCUT2D eigenvalue weighted by atomic mass is 16.5. The van der Waals surface area contributed by atoms with E-state index >= 15 is 0 Å². The molecule has 0 bridgehead atoms. The maximum atomic E-state index is 13.6. The standard InChI is InChI=1S/C33H34N2O6/c34-28(19-36)23-8-5-7-22(16-23)25-14-21(20-41-30-10-3-1-6-24(30)18-32(37)38)15-26(17-25)33(39)35-29-12-13-40-31-11-4-2-9-27(29)31/h1-9,11,14-17,28-30,36H,10,12-13,18-20,34H2,(H,35,39)(H,37,38). The fraction of sp³-hybridized carbons (Fsp3) is 0.273. The Morgan fingerprint density at radius 3 is 2.76 bits per heavy atom. The molecule has 0 spiro atoms. The number of carboxylic acids is 1. The van der Waals surface area contributed by atoms with Crippen LogP contribution in [0.4, 0.5) is 0 Å². The zero-order valence-corrected chi connectivity index (χ0v) is 22.7. The molecule has 0 saturated heterocycles. The molecule has 0 aromatic heterocycles. The van der Waals surface area contributed by atoms with Gasteiger partial charge in [0.2, 0.25) is 0 Å². The molecular weight excluding hydrogens is 520 g/mol. The molecule has 0 fully saturated rings. The summed E-state index contributed by atoms with van der Waals surface area (Å²) in [6.45, 7) is 0.528. The molecule has 1 heterocycles. The van der Waals surface area contributed by atoms with E-state index in [9.17, 15) is 19.8 Å². The highest BCUT2D eigenvalue weighted by Gasteiger charge is 2.24. The molecule has 8 heteroatoms. The minimum Gasteiger partial charge on any atom is -0.493 e. The van der Waals surface area contributed by atoms with Gasteiger partial charge >= 0.3 is 5.97 Å². The van der Waals surface area contributed by atoms with E-state index in [2.05, 4.69) is 5.32 Å². The van der Waals surface area contributed by atoms with E-state index in [4.69, 9.17) is 15.2 Å². The molecule has 3 unspecified atom stereocenters. The van der Waals surface area contributed by atoms with Gasteiger partial charge in [0.1, 0.15) is 5.75 Å². The zero-order valence-electron chi connectivity index (χ0n) is 22.7. The number of para-hydroxylation sites is 1. The quantitative estimate of drug-likeness (QED) is 0.282. The Kier molecular flexibility index (Phi) is 8.94. The number of ether oxygens (including phenoxy) is 2. The third-order valence-corrected chi connectivity index (χ3v) is 7.38. The van der Waals surface area contributed by atoms with E-state index in [1.54, 1.807) is 6.08 Å². The van der Waals surface area contributed by atoms with E-state index < -0.39 is 12.0 Å². The van der Waals surface area contributed by atoms with Crippen molar-refractivity contribution in [1.82, 2.24) is 5.32 Å². The molecule has 0 saturated carbocycles. The van der Waals surface area contributed by atoms with Crippen molar-refractivity contribution in [1.29, 1.82) is 0 Å². The lowest BCUT2D eigenvalue weighted by molar-refractivity contribution is -0.136. The Bertz CT molecular complexity index is 1480. The number of nitrogens with one attached hydrogen (secondary N) is 1. The van der Waals surface area contributed by atoms with Crippen molar-refractivity contribution in [2.24, 2.45) is 5.73 Å². The van der Waals surface area contributed by atoms with Gasteiger partial charge in [-0.15, -0.1) is 0 Å². The van der Waals surface area contributed by atoms with E-state index in [1.807, 2.05) is 78.9 Å². The van der Waals surface area contributed by atoms with Crippen LogP contribution < -0.4 is 15.8 Å². The molecule has 0 radical (unpaired) electrons. The van der Waals surface area contributed by atoms with Crippen molar-refractivity contribution in [3.8, 4) is 16.9 Å². The number of aliphatic hydroxyl groups excluding tert-OH is 1. The monoisotopic (exact) mass is 554 g/mol. The van der Waals surface area contributed by atoms with Gasteiger partial charge < -0.3 is 30.7 Å². The first kappa shape index (κ1) is 28.3. The van der Waals surface area contributed by atoms with Crippen LogP contribution in [0.25, 0.3) is 11.1 Å². The molecule has 212 valence electrons. The number of rotatable bonds is 10. The molecule has 1 amide bonds. The fourth-order valence-electron chi connectivity index (χ4n) is 5.23. The minimum absolute atomic E-state index is 0.0901. The van der Waals surface area contributed by atoms with Crippen LogP contribution in [0.3, 0.4) is 0 Å².